The number of amides is 1. The van der Waals surface area contributed by atoms with Crippen LogP contribution in [0.3, 0.4) is 0 Å². The van der Waals surface area contributed by atoms with E-state index in [1.165, 1.54) is 17.4 Å². The van der Waals surface area contributed by atoms with Gasteiger partial charge in [-0.25, -0.2) is 0 Å². The van der Waals surface area contributed by atoms with Crippen LogP contribution in [-0.2, 0) is 6.54 Å². The zero-order chi connectivity index (χ0) is 16.6. The number of carbonyl (C=O) groups excluding carboxylic acids is 1. The quantitative estimate of drug-likeness (QED) is 0.532. The van der Waals surface area contributed by atoms with Gasteiger partial charge in [-0.2, -0.15) is 4.99 Å². The Hall–Kier alpha value is -2.45. The number of halogens is 1. The Morgan fingerprint density at radius 1 is 1.43 bits per heavy atom. The molecule has 3 aromatic rings. The molecule has 118 valence electrons. The van der Waals surface area contributed by atoms with Crippen LogP contribution in [0.4, 0.5) is 5.88 Å². The fourth-order valence-corrected chi connectivity index (χ4v) is 3.60. The van der Waals surface area contributed by atoms with Gasteiger partial charge in [-0.05, 0) is 25.1 Å². The van der Waals surface area contributed by atoms with Gasteiger partial charge in [-0.1, -0.05) is 29.0 Å². The number of rotatable bonds is 3. The number of nitrogens with zero attached hydrogens (tertiary/aromatic N) is 3. The first-order valence-electron chi connectivity index (χ1n) is 6.62. The van der Waals surface area contributed by atoms with Gasteiger partial charge in [0.1, 0.15) is 4.92 Å². The average Bonchev–Trinajstić information content (AvgIpc) is 3.12. The molecule has 0 aliphatic heterocycles. The lowest BCUT2D eigenvalue weighted by Crippen LogP contribution is -2.15. The molecule has 0 fully saturated rings. The van der Waals surface area contributed by atoms with Crippen molar-refractivity contribution in [2.45, 2.75) is 13.5 Å². The predicted molar refractivity (Wildman–Crippen MR) is 85.8 cm³/mol. The second-order valence-electron chi connectivity index (χ2n) is 4.53. The first-order valence-corrected chi connectivity index (χ1v) is 7.82. The van der Waals surface area contributed by atoms with Crippen LogP contribution < -0.4 is 4.80 Å². The molecule has 9 heteroatoms. The summed E-state index contributed by atoms with van der Waals surface area (Å²) in [5, 5.41) is 11.2. The molecule has 0 unspecified atom stereocenters. The minimum Gasteiger partial charge on any atom is -0.395 e. The van der Waals surface area contributed by atoms with Crippen molar-refractivity contribution in [3.8, 4) is 0 Å². The van der Waals surface area contributed by atoms with E-state index in [0.717, 1.165) is 16.3 Å². The number of carbonyl (C=O) groups is 1. The molecule has 0 atom stereocenters. The van der Waals surface area contributed by atoms with Gasteiger partial charge >= 0.3 is 11.8 Å². The Bertz CT molecular complexity index is 985. The smallest absolute Gasteiger partial charge is 0.395 e. The van der Waals surface area contributed by atoms with E-state index in [1.54, 1.807) is 6.07 Å². The van der Waals surface area contributed by atoms with E-state index in [2.05, 4.69) is 4.99 Å². The van der Waals surface area contributed by atoms with Crippen LogP contribution in [0.15, 0.2) is 39.7 Å². The molecular weight excluding hydrogens is 342 g/mol. The zero-order valence-corrected chi connectivity index (χ0v) is 13.4. The van der Waals surface area contributed by atoms with Crippen molar-refractivity contribution in [1.82, 2.24) is 4.57 Å². The number of thiazole rings is 1. The fraction of sp³-hybridized carbons (Fsp3) is 0.143. The van der Waals surface area contributed by atoms with Crippen molar-refractivity contribution in [2.24, 2.45) is 4.99 Å². The summed E-state index contributed by atoms with van der Waals surface area (Å²) in [6.45, 7) is 2.49. The molecule has 2 heterocycles. The highest BCUT2D eigenvalue weighted by Gasteiger charge is 2.17. The molecule has 23 heavy (non-hydrogen) atoms. The lowest BCUT2D eigenvalue weighted by Gasteiger charge is -2.01. The van der Waals surface area contributed by atoms with Crippen LogP contribution in [0, 0.1) is 10.1 Å². The van der Waals surface area contributed by atoms with Crippen LogP contribution >= 0.6 is 22.9 Å². The average molecular weight is 352 g/mol. The summed E-state index contributed by atoms with van der Waals surface area (Å²) in [6, 6.07) is 7.84. The minimum absolute atomic E-state index is 0.178. The summed E-state index contributed by atoms with van der Waals surface area (Å²) in [5.41, 5.74) is 0.804. The van der Waals surface area contributed by atoms with Gasteiger partial charge in [-0.15, -0.1) is 0 Å². The molecular formula is C14H10ClN3O4S. The molecule has 1 amide bonds. The number of fused-ring (bicyclic) bond motifs is 1. The third-order valence-corrected chi connectivity index (χ3v) is 4.50. The molecule has 1 aromatic carbocycles. The molecule has 2 aromatic heterocycles. The van der Waals surface area contributed by atoms with Crippen LogP contribution in [-0.4, -0.2) is 15.4 Å². The van der Waals surface area contributed by atoms with Gasteiger partial charge in [-0.3, -0.25) is 14.9 Å². The van der Waals surface area contributed by atoms with E-state index in [9.17, 15) is 14.9 Å². The van der Waals surface area contributed by atoms with Gasteiger partial charge in [0.05, 0.1) is 21.3 Å². The Kier molecular flexibility index (Phi) is 4.01. The highest BCUT2D eigenvalue weighted by atomic mass is 35.5. The first-order chi connectivity index (χ1) is 11.0. The van der Waals surface area contributed by atoms with E-state index in [4.69, 9.17) is 16.0 Å². The fourth-order valence-electron chi connectivity index (χ4n) is 2.15. The van der Waals surface area contributed by atoms with Crippen molar-refractivity contribution in [3.63, 3.8) is 0 Å². The summed E-state index contributed by atoms with van der Waals surface area (Å²) in [5.74, 6) is -1.35. The lowest BCUT2D eigenvalue weighted by molar-refractivity contribution is -0.402. The standard InChI is InChI=1S/C14H10ClN3O4S/c1-2-17-12-8(15)4-3-5-10(12)23-14(17)16-13(19)9-6-7-11(22-9)18(20)21/h3-7H,2H2,1H3. The lowest BCUT2D eigenvalue weighted by atomic mass is 10.3. The van der Waals surface area contributed by atoms with Gasteiger partial charge in [0.2, 0.25) is 5.76 Å². The van der Waals surface area contributed by atoms with Crippen molar-refractivity contribution in [3.05, 3.63) is 56.0 Å². The highest BCUT2D eigenvalue weighted by molar-refractivity contribution is 7.16. The highest BCUT2D eigenvalue weighted by Crippen LogP contribution is 2.25. The second kappa shape index (κ2) is 5.98. The maximum atomic E-state index is 12.2. The van der Waals surface area contributed by atoms with Gasteiger partial charge < -0.3 is 8.98 Å². The number of benzene rings is 1. The maximum Gasteiger partial charge on any atom is 0.433 e. The van der Waals surface area contributed by atoms with Gasteiger partial charge in [0, 0.05) is 6.54 Å². The number of aromatic nitrogens is 1. The van der Waals surface area contributed by atoms with Crippen molar-refractivity contribution >= 4 is 44.9 Å². The van der Waals surface area contributed by atoms with E-state index in [0.29, 0.717) is 16.4 Å². The third-order valence-electron chi connectivity index (χ3n) is 3.15. The summed E-state index contributed by atoms with van der Waals surface area (Å²) in [4.78, 5) is 26.5. The number of aryl methyl sites for hydroxylation is 1. The molecule has 0 saturated heterocycles. The molecule has 0 spiro atoms. The molecule has 0 aliphatic carbocycles. The van der Waals surface area contributed by atoms with E-state index < -0.39 is 16.7 Å². The third kappa shape index (κ3) is 2.78. The predicted octanol–water partition coefficient (Wildman–Crippen LogP) is 3.62. The SMILES string of the molecule is CCn1c(=NC(=O)c2ccc([N+](=O)[O-])o2)sc2cccc(Cl)c21. The topological polar surface area (TPSA) is 90.6 Å². The first kappa shape index (κ1) is 15.4. The number of para-hydroxylation sites is 1. The van der Waals surface area contributed by atoms with E-state index >= 15 is 0 Å². The number of hydrogen-bond acceptors (Lipinski definition) is 5. The van der Waals surface area contributed by atoms with Crippen LogP contribution in [0.1, 0.15) is 17.5 Å². The molecule has 0 saturated carbocycles. The number of nitro groups is 1. The van der Waals surface area contributed by atoms with Crippen LogP contribution in [0.25, 0.3) is 10.2 Å². The Morgan fingerprint density at radius 3 is 2.87 bits per heavy atom. The molecule has 0 bridgehead atoms. The molecule has 3 rings (SSSR count). The van der Waals surface area contributed by atoms with Gasteiger partial charge in [0.25, 0.3) is 0 Å². The van der Waals surface area contributed by atoms with E-state index in [1.807, 2.05) is 23.6 Å². The van der Waals surface area contributed by atoms with Crippen molar-refractivity contribution in [1.29, 1.82) is 0 Å². The molecule has 7 nitrogen and oxygen atoms in total. The summed E-state index contributed by atoms with van der Waals surface area (Å²) < 4.78 is 7.59. The summed E-state index contributed by atoms with van der Waals surface area (Å²) >= 11 is 7.53. The zero-order valence-electron chi connectivity index (χ0n) is 11.9. The Labute approximate surface area is 138 Å². The normalized spacial score (nSPS) is 12.0. The maximum absolute atomic E-state index is 12.2. The van der Waals surface area contributed by atoms with Gasteiger partial charge in [0.15, 0.2) is 4.80 Å². The number of hydrogen-bond donors (Lipinski definition) is 0. The summed E-state index contributed by atoms with van der Waals surface area (Å²) in [7, 11) is 0. The van der Waals surface area contributed by atoms with Crippen molar-refractivity contribution < 1.29 is 14.1 Å². The largest absolute Gasteiger partial charge is 0.433 e. The molecule has 0 N–H and O–H groups in total. The van der Waals surface area contributed by atoms with E-state index in [-0.39, 0.29) is 5.76 Å². The van der Waals surface area contributed by atoms with Crippen LogP contribution in [0.5, 0.6) is 0 Å². The molecule has 0 radical (unpaired) electrons. The number of furan rings is 1. The monoisotopic (exact) mass is 351 g/mol. The van der Waals surface area contributed by atoms with Crippen LogP contribution in [0.2, 0.25) is 5.02 Å². The Morgan fingerprint density at radius 2 is 2.22 bits per heavy atom. The summed E-state index contributed by atoms with van der Waals surface area (Å²) in [6.07, 6.45) is 0. The second-order valence-corrected chi connectivity index (χ2v) is 5.94. The van der Waals surface area contributed by atoms with Crippen molar-refractivity contribution in [2.75, 3.05) is 0 Å². The Balaban J connectivity index is 2.11. The minimum atomic E-state index is -0.706. The molecule has 0 aliphatic rings.